The summed E-state index contributed by atoms with van der Waals surface area (Å²) in [4.78, 5) is 29.7. The van der Waals surface area contributed by atoms with Crippen molar-refractivity contribution < 1.29 is 14.3 Å². The molecule has 178 valence electrons. The highest BCUT2D eigenvalue weighted by molar-refractivity contribution is 5.99. The molecule has 0 unspecified atom stereocenters. The van der Waals surface area contributed by atoms with Gasteiger partial charge in [-0.1, -0.05) is 36.4 Å². The maximum Gasteiger partial charge on any atom is 0.222 e. The topological polar surface area (TPSA) is 54.8 Å². The summed E-state index contributed by atoms with van der Waals surface area (Å²) in [5, 5.41) is 0. The molecule has 0 spiro atoms. The van der Waals surface area contributed by atoms with E-state index in [1.165, 1.54) is 0 Å². The molecule has 2 heterocycles. The van der Waals surface area contributed by atoms with Gasteiger partial charge in [0.1, 0.15) is 5.75 Å². The van der Waals surface area contributed by atoms with Crippen LogP contribution in [0.4, 0.5) is 0 Å². The van der Waals surface area contributed by atoms with Gasteiger partial charge in [0, 0.05) is 55.2 Å². The van der Waals surface area contributed by atoms with Gasteiger partial charge in [0.15, 0.2) is 5.78 Å². The molecule has 1 aliphatic heterocycles. The average molecular weight is 460 g/mol. The normalized spacial score (nSPS) is 14.2. The second-order valence-electron chi connectivity index (χ2n) is 8.80. The first-order valence-electron chi connectivity index (χ1n) is 12.0. The smallest absolute Gasteiger partial charge is 0.222 e. The number of carbonyl (C=O) groups excluding carboxylic acids is 2. The van der Waals surface area contributed by atoms with Crippen LogP contribution >= 0.6 is 0 Å². The number of amides is 1. The molecule has 34 heavy (non-hydrogen) atoms. The Labute approximate surface area is 201 Å². The van der Waals surface area contributed by atoms with Gasteiger partial charge in [-0.15, -0.1) is 0 Å². The summed E-state index contributed by atoms with van der Waals surface area (Å²) in [5.74, 6) is 1.12. The predicted molar refractivity (Wildman–Crippen MR) is 134 cm³/mol. The number of ketones is 1. The summed E-state index contributed by atoms with van der Waals surface area (Å²) in [5.41, 5.74) is 3.87. The number of para-hydroxylation sites is 2. The van der Waals surface area contributed by atoms with Crippen LogP contribution < -0.4 is 4.74 Å². The van der Waals surface area contributed by atoms with Crippen LogP contribution in [0.5, 0.6) is 5.75 Å². The quantitative estimate of drug-likeness (QED) is 0.354. The number of carbonyl (C=O) groups is 2. The SMILES string of the molecule is Cc1cc(C(=O)CN2CCN(C(=O)CCCOc3ccccc3)CC2)c(C)n1-c1ccccc1. The maximum atomic E-state index is 13.1. The number of ether oxygens (including phenoxy) is 1. The van der Waals surface area contributed by atoms with E-state index in [1.807, 2.05) is 73.3 Å². The van der Waals surface area contributed by atoms with Crippen molar-refractivity contribution in [1.82, 2.24) is 14.4 Å². The molecular formula is C28H33N3O3. The standard InChI is InChI=1S/C28H33N3O3/c1-22-20-26(23(2)31(22)24-10-5-3-6-11-24)27(32)21-29-15-17-30(18-16-29)28(33)14-9-19-34-25-12-7-4-8-13-25/h3-8,10-13,20H,9,14-19,21H2,1-2H3. The number of aromatic nitrogens is 1. The Kier molecular flexibility index (Phi) is 7.80. The van der Waals surface area contributed by atoms with Gasteiger partial charge in [0.2, 0.25) is 5.91 Å². The minimum absolute atomic E-state index is 0.133. The van der Waals surface area contributed by atoms with Crippen LogP contribution in [0.2, 0.25) is 0 Å². The van der Waals surface area contributed by atoms with E-state index in [0.29, 0.717) is 39.1 Å². The summed E-state index contributed by atoms with van der Waals surface area (Å²) in [6.45, 7) is 7.71. The van der Waals surface area contributed by atoms with Gasteiger partial charge in [-0.05, 0) is 50.6 Å². The first kappa shape index (κ1) is 23.8. The monoisotopic (exact) mass is 459 g/mol. The van der Waals surface area contributed by atoms with E-state index in [-0.39, 0.29) is 11.7 Å². The van der Waals surface area contributed by atoms with Gasteiger partial charge in [-0.25, -0.2) is 0 Å². The lowest BCUT2D eigenvalue weighted by Crippen LogP contribution is -2.49. The predicted octanol–water partition coefficient (Wildman–Crippen LogP) is 4.28. The molecule has 2 aromatic carbocycles. The molecule has 0 atom stereocenters. The summed E-state index contributed by atoms with van der Waals surface area (Å²) in [7, 11) is 0. The summed E-state index contributed by atoms with van der Waals surface area (Å²) < 4.78 is 7.81. The molecule has 0 aliphatic carbocycles. The Hall–Kier alpha value is -3.38. The van der Waals surface area contributed by atoms with E-state index in [1.54, 1.807) is 0 Å². The van der Waals surface area contributed by atoms with Crippen molar-refractivity contribution in [3.63, 3.8) is 0 Å². The van der Waals surface area contributed by atoms with Gasteiger partial charge in [-0.3, -0.25) is 14.5 Å². The average Bonchev–Trinajstić information content (AvgIpc) is 3.17. The number of hydrogen-bond donors (Lipinski definition) is 0. The fourth-order valence-corrected chi connectivity index (χ4v) is 4.55. The van der Waals surface area contributed by atoms with Crippen LogP contribution in [-0.4, -0.2) is 65.4 Å². The van der Waals surface area contributed by atoms with E-state index in [2.05, 4.69) is 21.6 Å². The minimum atomic E-state index is 0.133. The molecule has 4 rings (SSSR count). The summed E-state index contributed by atoms with van der Waals surface area (Å²) >= 11 is 0. The summed E-state index contributed by atoms with van der Waals surface area (Å²) in [6, 6.07) is 21.8. The Morgan fingerprint density at radius 3 is 2.21 bits per heavy atom. The van der Waals surface area contributed by atoms with Crippen molar-refractivity contribution in [2.75, 3.05) is 39.3 Å². The number of hydrogen-bond acceptors (Lipinski definition) is 4. The molecule has 1 fully saturated rings. The molecule has 0 saturated carbocycles. The fourth-order valence-electron chi connectivity index (χ4n) is 4.55. The lowest BCUT2D eigenvalue weighted by atomic mass is 10.1. The Morgan fingerprint density at radius 1 is 0.882 bits per heavy atom. The van der Waals surface area contributed by atoms with Crippen molar-refractivity contribution in [3.8, 4) is 11.4 Å². The van der Waals surface area contributed by atoms with Gasteiger partial charge in [0.25, 0.3) is 0 Å². The van der Waals surface area contributed by atoms with Crippen LogP contribution in [0, 0.1) is 13.8 Å². The molecule has 6 heteroatoms. The van der Waals surface area contributed by atoms with Crippen molar-refractivity contribution in [2.24, 2.45) is 0 Å². The molecule has 3 aromatic rings. The lowest BCUT2D eigenvalue weighted by molar-refractivity contribution is -0.133. The fraction of sp³-hybridized carbons (Fsp3) is 0.357. The largest absolute Gasteiger partial charge is 0.494 e. The van der Waals surface area contributed by atoms with E-state index < -0.39 is 0 Å². The van der Waals surface area contributed by atoms with E-state index in [9.17, 15) is 9.59 Å². The summed E-state index contributed by atoms with van der Waals surface area (Å²) in [6.07, 6.45) is 1.18. The first-order chi connectivity index (χ1) is 16.5. The van der Waals surface area contributed by atoms with Crippen molar-refractivity contribution in [2.45, 2.75) is 26.7 Å². The number of piperazine rings is 1. The van der Waals surface area contributed by atoms with Gasteiger partial charge in [0.05, 0.1) is 13.2 Å². The number of aryl methyl sites for hydroxylation is 1. The number of rotatable bonds is 9. The van der Waals surface area contributed by atoms with Crippen molar-refractivity contribution >= 4 is 11.7 Å². The Bertz CT molecular complexity index is 1100. The van der Waals surface area contributed by atoms with E-state index in [0.717, 1.165) is 41.5 Å². The molecule has 1 aliphatic rings. The Balaban J connectivity index is 1.23. The number of Topliss-reactive ketones (excluding diaryl/α,β-unsaturated/α-hetero) is 1. The zero-order chi connectivity index (χ0) is 23.9. The third-order valence-corrected chi connectivity index (χ3v) is 6.39. The highest BCUT2D eigenvalue weighted by Crippen LogP contribution is 2.21. The van der Waals surface area contributed by atoms with Crippen molar-refractivity contribution in [1.29, 1.82) is 0 Å². The Morgan fingerprint density at radius 2 is 1.53 bits per heavy atom. The van der Waals surface area contributed by atoms with Gasteiger partial charge in [-0.2, -0.15) is 0 Å². The van der Waals surface area contributed by atoms with Crippen molar-refractivity contribution in [3.05, 3.63) is 83.7 Å². The number of benzene rings is 2. The van der Waals surface area contributed by atoms with Crippen LogP contribution in [-0.2, 0) is 4.79 Å². The van der Waals surface area contributed by atoms with Gasteiger partial charge < -0.3 is 14.2 Å². The maximum absolute atomic E-state index is 13.1. The molecular weight excluding hydrogens is 426 g/mol. The van der Waals surface area contributed by atoms with Gasteiger partial charge >= 0.3 is 0 Å². The molecule has 1 aromatic heterocycles. The molecule has 0 radical (unpaired) electrons. The van der Waals surface area contributed by atoms with E-state index >= 15 is 0 Å². The highest BCUT2D eigenvalue weighted by Gasteiger charge is 2.24. The molecule has 1 saturated heterocycles. The van der Waals surface area contributed by atoms with Crippen LogP contribution in [0.1, 0.15) is 34.6 Å². The lowest BCUT2D eigenvalue weighted by Gasteiger charge is -2.34. The zero-order valence-corrected chi connectivity index (χ0v) is 20.1. The minimum Gasteiger partial charge on any atom is -0.494 e. The molecule has 0 bridgehead atoms. The zero-order valence-electron chi connectivity index (χ0n) is 20.1. The molecule has 0 N–H and O–H groups in total. The number of nitrogens with zero attached hydrogens (tertiary/aromatic N) is 3. The van der Waals surface area contributed by atoms with E-state index in [4.69, 9.17) is 4.74 Å². The third kappa shape index (κ3) is 5.75. The van der Waals surface area contributed by atoms with Crippen LogP contribution in [0.3, 0.4) is 0 Å². The second-order valence-corrected chi connectivity index (χ2v) is 8.80. The second kappa shape index (κ2) is 11.2. The van der Waals surface area contributed by atoms with Crippen LogP contribution in [0.25, 0.3) is 5.69 Å². The third-order valence-electron chi connectivity index (χ3n) is 6.39. The molecule has 6 nitrogen and oxygen atoms in total. The first-order valence-corrected chi connectivity index (χ1v) is 12.0. The highest BCUT2D eigenvalue weighted by atomic mass is 16.5. The van der Waals surface area contributed by atoms with Crippen LogP contribution in [0.15, 0.2) is 66.7 Å². The molecule has 1 amide bonds.